The van der Waals surface area contributed by atoms with Crippen LogP contribution in [-0.4, -0.2) is 34.9 Å². The Kier molecular flexibility index (Phi) is 3.84. The number of hydrogen-bond donors (Lipinski definition) is 1. The maximum atomic E-state index is 13.2. The molecule has 2 aliphatic rings. The molecule has 0 radical (unpaired) electrons. The van der Waals surface area contributed by atoms with Crippen molar-refractivity contribution >= 4 is 5.91 Å². The van der Waals surface area contributed by atoms with Crippen LogP contribution in [0.3, 0.4) is 0 Å². The van der Waals surface area contributed by atoms with Gasteiger partial charge in [-0.1, -0.05) is 12.1 Å². The fourth-order valence-electron chi connectivity index (χ4n) is 4.22. The normalized spacial score (nSPS) is 26.0. The Morgan fingerprint density at radius 1 is 1.24 bits per heavy atom. The van der Waals surface area contributed by atoms with Gasteiger partial charge in [-0.15, -0.1) is 0 Å². The summed E-state index contributed by atoms with van der Waals surface area (Å²) in [5, 5.41) is 3.58. The topological polar surface area (TPSA) is 45.2 Å². The van der Waals surface area contributed by atoms with Gasteiger partial charge in [-0.25, -0.2) is 4.39 Å². The molecule has 1 amide bonds. The number of benzene rings is 1. The van der Waals surface area contributed by atoms with E-state index in [0.717, 1.165) is 48.2 Å². The highest BCUT2D eigenvalue weighted by atomic mass is 19.1. The molecule has 1 N–H and O–H groups in total. The van der Waals surface area contributed by atoms with Crippen LogP contribution in [0.1, 0.15) is 36.6 Å². The molecule has 1 spiro atoms. The van der Waals surface area contributed by atoms with Crippen molar-refractivity contribution < 1.29 is 9.18 Å². The molecule has 2 saturated heterocycles. The zero-order chi connectivity index (χ0) is 17.6. The van der Waals surface area contributed by atoms with E-state index in [1.165, 1.54) is 12.1 Å². The molecular weight excluding hydrogens is 317 g/mol. The molecule has 2 fully saturated rings. The Morgan fingerprint density at radius 3 is 2.68 bits per heavy atom. The van der Waals surface area contributed by atoms with Crippen LogP contribution in [0.25, 0.3) is 11.1 Å². The van der Waals surface area contributed by atoms with Crippen LogP contribution in [0.4, 0.5) is 4.39 Å². The summed E-state index contributed by atoms with van der Waals surface area (Å²) in [7, 11) is 1.87. The zero-order valence-corrected chi connectivity index (χ0v) is 14.6. The Hall–Kier alpha value is -2.27. The van der Waals surface area contributed by atoms with Gasteiger partial charge in [0.25, 0.3) is 0 Å². The number of amides is 1. The first kappa shape index (κ1) is 16.2. The van der Waals surface area contributed by atoms with E-state index in [9.17, 15) is 9.18 Å². The molecule has 0 aliphatic carbocycles. The number of rotatable bonds is 2. The minimum Gasteiger partial charge on any atom is -0.344 e. The molecule has 2 aromatic rings. The lowest BCUT2D eigenvalue weighted by Crippen LogP contribution is -2.47. The molecule has 130 valence electrons. The summed E-state index contributed by atoms with van der Waals surface area (Å²) in [5.74, 6) is -0.0405. The standard InChI is InChI=1S/C20H22FN3O/c1-13-16(14-3-5-15(21)6-4-14)8-11-22-18(13)17-7-9-20(23-17)10-12-24(2)19(20)25/h3-6,8,11,17,23H,7,9-10,12H2,1-2H3. The highest BCUT2D eigenvalue weighted by Gasteiger charge is 2.50. The van der Waals surface area contributed by atoms with Crippen LogP contribution in [0.5, 0.6) is 0 Å². The maximum Gasteiger partial charge on any atom is 0.242 e. The molecule has 1 aromatic heterocycles. The third-order valence-electron chi connectivity index (χ3n) is 5.67. The Labute approximate surface area is 147 Å². The van der Waals surface area contributed by atoms with Gasteiger partial charge in [0.2, 0.25) is 5.91 Å². The van der Waals surface area contributed by atoms with Crippen molar-refractivity contribution in [3.05, 3.63) is 53.6 Å². The van der Waals surface area contributed by atoms with E-state index in [1.807, 2.05) is 18.0 Å². The van der Waals surface area contributed by atoms with Gasteiger partial charge in [0.15, 0.2) is 0 Å². The maximum absolute atomic E-state index is 13.2. The minimum atomic E-state index is -0.417. The summed E-state index contributed by atoms with van der Waals surface area (Å²) in [6.07, 6.45) is 4.41. The number of hydrogen-bond acceptors (Lipinski definition) is 3. The third kappa shape index (κ3) is 2.63. The number of nitrogens with one attached hydrogen (secondary N) is 1. The largest absolute Gasteiger partial charge is 0.344 e. The number of carbonyl (C=O) groups excluding carboxylic acids is 1. The minimum absolute atomic E-state index is 0.0795. The lowest BCUT2D eigenvalue weighted by molar-refractivity contribution is -0.131. The zero-order valence-electron chi connectivity index (χ0n) is 14.6. The number of halogens is 1. The van der Waals surface area contributed by atoms with Crippen LogP contribution in [0.15, 0.2) is 36.5 Å². The second kappa shape index (κ2) is 5.92. The molecule has 25 heavy (non-hydrogen) atoms. The van der Waals surface area contributed by atoms with Gasteiger partial charge < -0.3 is 4.90 Å². The lowest BCUT2D eigenvalue weighted by Gasteiger charge is -2.24. The smallest absolute Gasteiger partial charge is 0.242 e. The van der Waals surface area contributed by atoms with Gasteiger partial charge in [-0.05, 0) is 61.1 Å². The van der Waals surface area contributed by atoms with Crippen molar-refractivity contribution in [1.29, 1.82) is 0 Å². The van der Waals surface area contributed by atoms with Gasteiger partial charge in [0.05, 0.1) is 11.7 Å². The van der Waals surface area contributed by atoms with E-state index < -0.39 is 5.54 Å². The predicted octanol–water partition coefficient (Wildman–Crippen LogP) is 3.22. The molecule has 4 rings (SSSR count). The van der Waals surface area contributed by atoms with Crippen molar-refractivity contribution in [1.82, 2.24) is 15.2 Å². The summed E-state index contributed by atoms with van der Waals surface area (Å²) in [4.78, 5) is 18.9. The third-order valence-corrected chi connectivity index (χ3v) is 5.67. The van der Waals surface area contributed by atoms with E-state index in [1.54, 1.807) is 18.3 Å². The molecule has 3 heterocycles. The fourth-order valence-corrected chi connectivity index (χ4v) is 4.22. The summed E-state index contributed by atoms with van der Waals surface area (Å²) in [5.41, 5.74) is 3.69. The van der Waals surface area contributed by atoms with E-state index in [4.69, 9.17) is 0 Å². The summed E-state index contributed by atoms with van der Waals surface area (Å²) >= 11 is 0. The van der Waals surface area contributed by atoms with Gasteiger partial charge >= 0.3 is 0 Å². The van der Waals surface area contributed by atoms with Crippen LogP contribution in [-0.2, 0) is 4.79 Å². The molecule has 0 bridgehead atoms. The number of aromatic nitrogens is 1. The molecule has 1 aromatic carbocycles. The average molecular weight is 339 g/mol. The molecular formula is C20H22FN3O. The van der Waals surface area contributed by atoms with Gasteiger partial charge in [0, 0.05) is 19.8 Å². The number of likely N-dealkylation sites (tertiary alicyclic amines) is 1. The van der Waals surface area contributed by atoms with Crippen molar-refractivity contribution in [3.63, 3.8) is 0 Å². The summed E-state index contributed by atoms with van der Waals surface area (Å²) in [6.45, 7) is 2.86. The fraction of sp³-hybridized carbons (Fsp3) is 0.400. The Morgan fingerprint density at radius 2 is 2.00 bits per heavy atom. The number of likely N-dealkylation sites (N-methyl/N-ethyl adjacent to an activating group) is 1. The molecule has 0 saturated carbocycles. The second-order valence-electron chi connectivity index (χ2n) is 7.17. The van der Waals surface area contributed by atoms with Gasteiger partial charge in [0.1, 0.15) is 11.4 Å². The number of pyridine rings is 1. The van der Waals surface area contributed by atoms with Crippen LogP contribution in [0, 0.1) is 12.7 Å². The van der Waals surface area contributed by atoms with Crippen LogP contribution >= 0.6 is 0 Å². The SMILES string of the molecule is Cc1c(-c2ccc(F)cc2)ccnc1C1CCC2(CCN(C)C2=O)N1. The monoisotopic (exact) mass is 339 g/mol. The predicted molar refractivity (Wildman–Crippen MR) is 94.5 cm³/mol. The first-order chi connectivity index (χ1) is 12.0. The molecule has 5 heteroatoms. The molecule has 4 nitrogen and oxygen atoms in total. The van der Waals surface area contributed by atoms with Crippen molar-refractivity contribution in [2.24, 2.45) is 0 Å². The van der Waals surface area contributed by atoms with Crippen molar-refractivity contribution in [3.8, 4) is 11.1 Å². The van der Waals surface area contributed by atoms with Crippen LogP contribution < -0.4 is 5.32 Å². The van der Waals surface area contributed by atoms with E-state index in [-0.39, 0.29) is 17.8 Å². The highest BCUT2D eigenvalue weighted by molar-refractivity contribution is 5.88. The van der Waals surface area contributed by atoms with E-state index in [2.05, 4.69) is 17.2 Å². The molecule has 2 unspecified atom stereocenters. The molecule has 2 atom stereocenters. The highest BCUT2D eigenvalue weighted by Crippen LogP contribution is 2.40. The van der Waals surface area contributed by atoms with E-state index >= 15 is 0 Å². The quantitative estimate of drug-likeness (QED) is 0.914. The summed E-state index contributed by atoms with van der Waals surface area (Å²) < 4.78 is 13.2. The average Bonchev–Trinajstić information content (AvgIpc) is 3.16. The summed E-state index contributed by atoms with van der Waals surface area (Å²) in [6, 6.07) is 8.58. The molecule has 2 aliphatic heterocycles. The first-order valence-electron chi connectivity index (χ1n) is 8.75. The van der Waals surface area contributed by atoms with Gasteiger partial charge in [-0.3, -0.25) is 15.1 Å². The Bertz CT molecular complexity index is 820. The second-order valence-corrected chi connectivity index (χ2v) is 7.17. The number of nitrogens with zero attached hydrogens (tertiary/aromatic N) is 2. The van der Waals surface area contributed by atoms with Gasteiger partial charge in [-0.2, -0.15) is 0 Å². The number of carbonyl (C=O) groups is 1. The first-order valence-corrected chi connectivity index (χ1v) is 8.75. The van der Waals surface area contributed by atoms with Crippen molar-refractivity contribution in [2.75, 3.05) is 13.6 Å². The van der Waals surface area contributed by atoms with E-state index in [0.29, 0.717) is 0 Å². The van der Waals surface area contributed by atoms with Crippen molar-refractivity contribution in [2.45, 2.75) is 37.8 Å². The Balaban J connectivity index is 1.65. The lowest BCUT2D eigenvalue weighted by atomic mass is 9.95. The van der Waals surface area contributed by atoms with Crippen LogP contribution in [0.2, 0.25) is 0 Å².